The van der Waals surface area contributed by atoms with Crippen LogP contribution in [0, 0.1) is 0 Å². The maximum atomic E-state index is 4.85. The zero-order valence-corrected chi connectivity index (χ0v) is 23.6. The quantitative estimate of drug-likeness (QED) is 0.202. The molecule has 3 atom stereocenters. The van der Waals surface area contributed by atoms with E-state index in [0.717, 1.165) is 11.2 Å². The van der Waals surface area contributed by atoms with Gasteiger partial charge in [0.05, 0.1) is 17.9 Å². The minimum atomic E-state index is 0.0690. The van der Waals surface area contributed by atoms with Crippen LogP contribution in [0.25, 0.3) is 32.9 Å². The van der Waals surface area contributed by atoms with Crippen LogP contribution in [-0.4, -0.2) is 33.9 Å². The van der Waals surface area contributed by atoms with Crippen molar-refractivity contribution in [2.24, 2.45) is 0 Å². The molecule has 0 bridgehead atoms. The van der Waals surface area contributed by atoms with E-state index in [1.165, 1.54) is 38.5 Å². The van der Waals surface area contributed by atoms with Crippen LogP contribution in [0.2, 0.25) is 0 Å². The van der Waals surface area contributed by atoms with Crippen LogP contribution in [0.4, 0.5) is 0 Å². The molecule has 4 aromatic carbocycles. The van der Waals surface area contributed by atoms with Crippen molar-refractivity contribution in [3.63, 3.8) is 0 Å². The predicted molar refractivity (Wildman–Crippen MR) is 167 cm³/mol. The lowest BCUT2D eigenvalue weighted by Gasteiger charge is -2.42. The van der Waals surface area contributed by atoms with E-state index in [1.807, 2.05) is 6.20 Å². The van der Waals surface area contributed by atoms with Gasteiger partial charge in [-0.1, -0.05) is 91.0 Å². The summed E-state index contributed by atoms with van der Waals surface area (Å²) in [7, 11) is 4.43. The Labute approximate surface area is 236 Å². The molecule has 4 nitrogen and oxygen atoms in total. The third-order valence-corrected chi connectivity index (χ3v) is 8.42. The summed E-state index contributed by atoms with van der Waals surface area (Å²) in [6.45, 7) is 4.53. The van der Waals surface area contributed by atoms with Crippen molar-refractivity contribution in [2.75, 3.05) is 14.1 Å². The minimum Gasteiger partial charge on any atom is -0.354 e. The fraction of sp³-hybridized carbons (Fsp3) is 0.194. The van der Waals surface area contributed by atoms with Crippen LogP contribution in [0.5, 0.6) is 0 Å². The molecule has 0 fully saturated rings. The molecule has 2 aromatic heterocycles. The average Bonchev–Trinajstić information content (AvgIpc) is 3.39. The molecule has 0 radical (unpaired) electrons. The Kier molecular flexibility index (Phi) is 7.21. The largest absolute Gasteiger partial charge is 0.354 e. The normalized spacial score (nSPS) is 14.2. The second kappa shape index (κ2) is 11.1. The summed E-state index contributed by atoms with van der Waals surface area (Å²) < 4.78 is 0. The zero-order chi connectivity index (χ0) is 27.6. The topological polar surface area (TPSA) is 35.2 Å². The van der Waals surface area contributed by atoms with Gasteiger partial charge in [0.2, 0.25) is 0 Å². The van der Waals surface area contributed by atoms with E-state index in [2.05, 4.69) is 158 Å². The van der Waals surface area contributed by atoms with Gasteiger partial charge >= 0.3 is 0 Å². The molecule has 0 aliphatic heterocycles. The van der Waals surface area contributed by atoms with Gasteiger partial charge in [-0.15, -0.1) is 0 Å². The number of nitrogens with one attached hydrogen (secondary N) is 1. The third-order valence-electron chi connectivity index (χ3n) is 8.42. The van der Waals surface area contributed by atoms with Crippen molar-refractivity contribution in [3.8, 4) is 11.1 Å². The molecule has 0 aliphatic carbocycles. The number of aromatic nitrogens is 2. The maximum Gasteiger partial charge on any atom is 0.0891 e. The summed E-state index contributed by atoms with van der Waals surface area (Å²) in [6.07, 6.45) is 2.01. The first-order valence-corrected chi connectivity index (χ1v) is 14.0. The molecule has 6 rings (SSSR count). The van der Waals surface area contributed by atoms with E-state index in [0.29, 0.717) is 0 Å². The smallest absolute Gasteiger partial charge is 0.0891 e. The van der Waals surface area contributed by atoms with E-state index in [-0.39, 0.29) is 18.2 Å². The van der Waals surface area contributed by atoms with E-state index in [4.69, 9.17) is 4.98 Å². The second-order valence-corrected chi connectivity index (χ2v) is 10.8. The summed E-state index contributed by atoms with van der Waals surface area (Å²) >= 11 is 0. The van der Waals surface area contributed by atoms with Gasteiger partial charge in [0, 0.05) is 34.0 Å². The van der Waals surface area contributed by atoms with Crippen molar-refractivity contribution in [1.29, 1.82) is 0 Å². The number of H-pyrrole nitrogens is 1. The monoisotopic (exact) mass is 524 g/mol. The number of benzene rings is 4. The van der Waals surface area contributed by atoms with Gasteiger partial charge in [-0.05, 0) is 74.5 Å². The van der Waals surface area contributed by atoms with Crippen LogP contribution in [-0.2, 0) is 0 Å². The van der Waals surface area contributed by atoms with Crippen LogP contribution in [0.15, 0.2) is 121 Å². The number of nitrogens with zero attached hydrogens (tertiary/aromatic N) is 3. The van der Waals surface area contributed by atoms with E-state index < -0.39 is 0 Å². The number of pyridine rings is 1. The number of rotatable bonds is 8. The first-order chi connectivity index (χ1) is 19.5. The van der Waals surface area contributed by atoms with Crippen LogP contribution in [0.1, 0.15) is 48.9 Å². The van der Waals surface area contributed by atoms with E-state index >= 15 is 0 Å². The fourth-order valence-corrected chi connectivity index (χ4v) is 5.87. The molecule has 0 aliphatic rings. The first kappa shape index (κ1) is 26.0. The summed E-state index contributed by atoms with van der Waals surface area (Å²) in [5.74, 6) is 0. The standard InChI is InChI=1S/C36H36N4/c1-25(27-13-7-5-8-14-27)39(3)36(28-15-9-6-10-16-28)40(4)26(2)34-23-30(21-22-37-34)29-19-20-32-31-17-11-12-18-33(31)38-35(32)24-29/h5-26,36,38H,1-4H3. The summed E-state index contributed by atoms with van der Waals surface area (Å²) in [5, 5.41) is 2.51. The van der Waals surface area contributed by atoms with Gasteiger partial charge < -0.3 is 4.98 Å². The number of aromatic amines is 1. The number of fused-ring (bicyclic) bond motifs is 3. The molecular weight excluding hydrogens is 488 g/mol. The first-order valence-electron chi connectivity index (χ1n) is 14.0. The number of hydrogen-bond donors (Lipinski definition) is 1. The highest BCUT2D eigenvalue weighted by Crippen LogP contribution is 2.36. The average molecular weight is 525 g/mol. The van der Waals surface area contributed by atoms with Gasteiger partial charge in [-0.3, -0.25) is 14.8 Å². The van der Waals surface area contributed by atoms with Gasteiger partial charge in [-0.25, -0.2) is 0 Å². The second-order valence-electron chi connectivity index (χ2n) is 10.8. The molecule has 2 heterocycles. The molecule has 4 heteroatoms. The fourth-order valence-electron chi connectivity index (χ4n) is 5.87. The highest BCUT2D eigenvalue weighted by atomic mass is 15.4. The molecule has 40 heavy (non-hydrogen) atoms. The van der Waals surface area contributed by atoms with Crippen molar-refractivity contribution in [2.45, 2.75) is 32.1 Å². The highest BCUT2D eigenvalue weighted by Gasteiger charge is 2.30. The van der Waals surface area contributed by atoms with E-state index in [1.54, 1.807) is 0 Å². The Balaban J connectivity index is 1.32. The molecular formula is C36H36N4. The van der Waals surface area contributed by atoms with Gasteiger partial charge in [-0.2, -0.15) is 0 Å². The van der Waals surface area contributed by atoms with Crippen molar-refractivity contribution in [3.05, 3.63) is 138 Å². The Morgan fingerprint density at radius 1 is 0.575 bits per heavy atom. The lowest BCUT2D eigenvalue weighted by atomic mass is 10.0. The Morgan fingerprint density at radius 2 is 1.18 bits per heavy atom. The number of para-hydroxylation sites is 1. The van der Waals surface area contributed by atoms with Crippen LogP contribution < -0.4 is 0 Å². The Morgan fingerprint density at radius 3 is 1.93 bits per heavy atom. The molecule has 200 valence electrons. The summed E-state index contributed by atoms with van der Waals surface area (Å²) in [4.78, 5) is 13.3. The molecule has 6 aromatic rings. The molecule has 0 amide bonds. The molecule has 0 spiro atoms. The lowest BCUT2D eigenvalue weighted by Crippen LogP contribution is -2.40. The Hall–Kier alpha value is -4.25. The minimum absolute atomic E-state index is 0.0690. The number of hydrogen-bond acceptors (Lipinski definition) is 3. The van der Waals surface area contributed by atoms with Crippen molar-refractivity contribution >= 4 is 21.8 Å². The molecule has 0 saturated carbocycles. The van der Waals surface area contributed by atoms with Gasteiger partial charge in [0.1, 0.15) is 0 Å². The molecule has 3 unspecified atom stereocenters. The zero-order valence-electron chi connectivity index (χ0n) is 23.6. The SMILES string of the molecule is CC(c1ccccc1)N(C)C(c1ccccc1)N(C)C(C)c1cc(-c2ccc3c(c2)[nH]c2ccccc23)ccn1. The van der Waals surface area contributed by atoms with E-state index in [9.17, 15) is 0 Å². The maximum absolute atomic E-state index is 4.85. The van der Waals surface area contributed by atoms with Crippen LogP contribution >= 0.6 is 0 Å². The summed E-state index contributed by atoms with van der Waals surface area (Å²) in [6, 6.07) is 41.4. The van der Waals surface area contributed by atoms with Crippen LogP contribution in [0.3, 0.4) is 0 Å². The Bertz CT molecular complexity index is 1720. The van der Waals surface area contributed by atoms with Crippen molar-refractivity contribution in [1.82, 2.24) is 19.8 Å². The third kappa shape index (κ3) is 4.92. The van der Waals surface area contributed by atoms with Gasteiger partial charge in [0.25, 0.3) is 0 Å². The summed E-state index contributed by atoms with van der Waals surface area (Å²) in [5.41, 5.74) is 8.31. The molecule has 0 saturated heterocycles. The molecule has 1 N–H and O–H groups in total. The van der Waals surface area contributed by atoms with Crippen molar-refractivity contribution < 1.29 is 0 Å². The highest BCUT2D eigenvalue weighted by molar-refractivity contribution is 6.08. The predicted octanol–water partition coefficient (Wildman–Crippen LogP) is 8.77. The lowest BCUT2D eigenvalue weighted by molar-refractivity contribution is 0.0265. The van der Waals surface area contributed by atoms with Gasteiger partial charge in [0.15, 0.2) is 0 Å².